The SMILES string of the molecule is CC(C)(C)OC(=O)N1CCn2c(cc3cc(Br)ccc32)C1.CC1(C)OB(CB2OC(C)(C)C(C)(C)O2)OC1(C)C.CCc1cc(C(=O)O)c(=O)[nH]c1-c1ccc2c(c1)cc1n2CCNC1.CCc1cc(C(=O)OC)c(OC)nc1-c1ccc2c(c1)cc1n2CCN(C(=O)OC(C)(C)C)C1.CCc1cc(C(=O)OC)c(OC)nc1Cl. The van der Waals surface area contributed by atoms with Gasteiger partial charge in [0.1, 0.15) is 33.0 Å². The summed E-state index contributed by atoms with van der Waals surface area (Å²) in [5.74, 6) is -1.74. The minimum Gasteiger partial charge on any atom is -0.480 e. The molecule has 11 heterocycles. The third-order valence-corrected chi connectivity index (χ3v) is 22.1. The van der Waals surface area contributed by atoms with Crippen molar-refractivity contribution in [3.05, 3.63) is 161 Å². The maximum atomic E-state index is 12.5. The van der Waals surface area contributed by atoms with Gasteiger partial charge in [-0.3, -0.25) is 4.79 Å². The fourth-order valence-electron chi connectivity index (χ4n) is 14.0. The van der Waals surface area contributed by atoms with Crippen LogP contribution in [0.5, 0.6) is 11.8 Å². The smallest absolute Gasteiger partial charge is 0.455 e. The van der Waals surface area contributed by atoms with E-state index in [0.29, 0.717) is 80.2 Å². The van der Waals surface area contributed by atoms with Crippen molar-refractivity contribution in [3.8, 4) is 34.3 Å². The Balaban J connectivity index is 0.000000155. The lowest BCUT2D eigenvalue weighted by Gasteiger charge is -2.32. The number of halogens is 2. The van der Waals surface area contributed by atoms with Crippen molar-refractivity contribution in [2.45, 2.75) is 216 Å². The standard InChI is InChI=1S/C26H31N3O5.C19H19N3O3.C16H19BrN2O2.C13H26B2O4.C10H12ClNO3/c1-7-16-14-20(24(30)33-6)23(32-5)27-22(16)17-8-9-21-18(12-17)13-19-15-28(10-11-29(19)21)25(31)34-26(2,3)4;1-2-11-9-15(19(24)25)18(23)21-17(11)12-3-4-16-13(7-12)8-14-10-20-5-6-22(14)16;1-16(2,3)21-15(20)18-6-7-19-13(10-18)9-11-8-12(17)4-5-14(11)19;1-10(2)11(3,4)17-14(16-10)9-15-18-12(5,6)13(7,8)19-15;1-4-6-5-7(10(13)15-3)9(14-2)12-8(6)11/h8-9,12-14H,7,10-11,15H2,1-6H3;3-4,7-9,20H,2,5-6,10H2,1H3,(H,21,23)(H,24,25);4-5,8-9H,6-7,10H2,1-3H3;9H2,1-8H3;5H,4H2,1-3H3. The number of aromatic carboxylic acids is 1. The number of nitrogens with one attached hydrogen (secondary N) is 2. The minimum absolute atomic E-state index is 0.184. The van der Waals surface area contributed by atoms with E-state index in [-0.39, 0.29) is 66.2 Å². The highest BCUT2D eigenvalue weighted by atomic mass is 79.9. The molecule has 2 amide bonds. The van der Waals surface area contributed by atoms with Crippen molar-refractivity contribution < 1.29 is 76.1 Å². The third kappa shape index (κ3) is 19.6. The van der Waals surface area contributed by atoms with Crippen LogP contribution >= 0.6 is 27.5 Å². The first-order chi connectivity index (χ1) is 53.6. The summed E-state index contributed by atoms with van der Waals surface area (Å²) in [5, 5.41) is 16.3. The van der Waals surface area contributed by atoms with Gasteiger partial charge in [0.2, 0.25) is 11.8 Å². The number of carbonyl (C=O) groups excluding carboxylic acids is 4. The molecule has 5 aliphatic heterocycles. The van der Waals surface area contributed by atoms with E-state index in [1.165, 1.54) is 56.6 Å². The zero-order chi connectivity index (χ0) is 83.5. The molecule has 3 N–H and O–H groups in total. The third-order valence-electron chi connectivity index (χ3n) is 21.3. The summed E-state index contributed by atoms with van der Waals surface area (Å²) in [6, 6.07) is 30.0. The van der Waals surface area contributed by atoms with E-state index >= 15 is 0 Å². The Morgan fingerprint density at radius 2 is 0.965 bits per heavy atom. The van der Waals surface area contributed by atoms with Gasteiger partial charge in [-0.05, 0) is 217 Å². The summed E-state index contributed by atoms with van der Waals surface area (Å²) in [5.41, 5.74) is 10.5. The van der Waals surface area contributed by atoms with Gasteiger partial charge < -0.3 is 85.9 Å². The highest BCUT2D eigenvalue weighted by Gasteiger charge is 2.57. The van der Waals surface area contributed by atoms with E-state index in [0.717, 1.165) is 91.8 Å². The molecule has 0 saturated carbocycles. The van der Waals surface area contributed by atoms with Crippen molar-refractivity contribution in [1.82, 2.24) is 43.8 Å². The number of ether oxygens (including phenoxy) is 6. The highest BCUT2D eigenvalue weighted by molar-refractivity contribution is 9.10. The second-order valence-electron chi connectivity index (χ2n) is 32.5. The summed E-state index contributed by atoms with van der Waals surface area (Å²) < 4.78 is 62.7. The second-order valence-corrected chi connectivity index (χ2v) is 33.8. The quantitative estimate of drug-likeness (QED) is 0.0443. The number of hydrogen-bond donors (Lipinski definition) is 3. The van der Waals surface area contributed by atoms with Crippen LogP contribution in [-0.4, -0.2) is 170 Å². The zero-order valence-electron chi connectivity index (χ0n) is 69.4. The van der Waals surface area contributed by atoms with E-state index in [4.69, 9.17) is 59.0 Å². The van der Waals surface area contributed by atoms with E-state index in [2.05, 4.69) is 171 Å². The predicted octanol–water partition coefficient (Wildman–Crippen LogP) is 16.1. The van der Waals surface area contributed by atoms with Gasteiger partial charge in [0.25, 0.3) is 5.56 Å². The number of carboxylic acid groups (broad SMARTS) is 1. The molecular weight excluding hydrogens is 1540 g/mol. The second kappa shape index (κ2) is 35.1. The molecule has 6 aromatic heterocycles. The molecule has 30 heteroatoms. The van der Waals surface area contributed by atoms with Crippen LogP contribution in [0.4, 0.5) is 9.59 Å². The lowest BCUT2D eigenvalue weighted by Crippen LogP contribution is -2.41. The summed E-state index contributed by atoms with van der Waals surface area (Å²) >= 11 is 9.38. The molecule has 14 rings (SSSR count). The van der Waals surface area contributed by atoms with Gasteiger partial charge in [-0.25, -0.2) is 33.9 Å². The molecule has 26 nitrogen and oxygen atoms in total. The number of aromatic nitrogens is 6. The van der Waals surface area contributed by atoms with Crippen molar-refractivity contribution in [3.63, 3.8) is 0 Å². The van der Waals surface area contributed by atoms with Crippen molar-refractivity contribution in [1.29, 1.82) is 0 Å². The lowest BCUT2D eigenvalue weighted by atomic mass is 9.64. The molecule has 114 heavy (non-hydrogen) atoms. The molecule has 9 aromatic rings. The average molecular weight is 1650 g/mol. The molecule has 0 radical (unpaired) electrons. The molecule has 5 aliphatic rings. The Hall–Kier alpha value is -9.22. The molecule has 610 valence electrons. The Morgan fingerprint density at radius 3 is 1.42 bits per heavy atom. The summed E-state index contributed by atoms with van der Waals surface area (Å²) in [6.07, 6.45) is 2.10. The van der Waals surface area contributed by atoms with Crippen LogP contribution < -0.4 is 20.3 Å². The number of methoxy groups -OCH3 is 4. The molecule has 2 fully saturated rings. The van der Waals surface area contributed by atoms with Crippen LogP contribution in [0.2, 0.25) is 11.4 Å². The Labute approximate surface area is 680 Å². The Bertz CT molecular complexity index is 5090. The fourth-order valence-corrected chi connectivity index (χ4v) is 14.7. The number of amides is 2. The summed E-state index contributed by atoms with van der Waals surface area (Å²) in [7, 11) is 5.01. The monoisotopic (exact) mass is 1650 g/mol. The van der Waals surface area contributed by atoms with Crippen LogP contribution in [0.25, 0.3) is 55.2 Å². The van der Waals surface area contributed by atoms with E-state index < -0.39 is 34.7 Å². The Morgan fingerprint density at radius 1 is 0.544 bits per heavy atom. The molecule has 0 spiro atoms. The molecule has 0 atom stereocenters. The van der Waals surface area contributed by atoms with Crippen LogP contribution in [0.3, 0.4) is 0 Å². The first-order valence-corrected chi connectivity index (χ1v) is 39.6. The number of rotatable bonds is 12. The van der Waals surface area contributed by atoms with Gasteiger partial charge in [0.15, 0.2) is 0 Å². The van der Waals surface area contributed by atoms with Gasteiger partial charge in [-0.2, -0.15) is 0 Å². The first-order valence-electron chi connectivity index (χ1n) is 38.4. The molecular formula is C84H107B2BrClN9O17. The van der Waals surface area contributed by atoms with Gasteiger partial charge in [-0.1, -0.05) is 60.4 Å². The van der Waals surface area contributed by atoms with Crippen molar-refractivity contribution >= 4 is 105 Å². The largest absolute Gasteiger partial charge is 0.480 e. The maximum Gasteiger partial charge on any atom is 0.455 e. The van der Waals surface area contributed by atoms with Gasteiger partial charge in [-0.15, -0.1) is 0 Å². The predicted molar refractivity (Wildman–Crippen MR) is 445 cm³/mol. The van der Waals surface area contributed by atoms with Gasteiger partial charge in [0, 0.05) is 112 Å². The number of hydrogen-bond acceptors (Lipinski definition) is 19. The number of carbonyl (C=O) groups is 5. The van der Waals surface area contributed by atoms with Crippen LogP contribution in [0, 0.1) is 0 Å². The van der Waals surface area contributed by atoms with E-state index in [1.54, 1.807) is 21.9 Å². The number of aryl methyl sites for hydroxylation is 3. The topological polar surface area (TPSA) is 290 Å². The van der Waals surface area contributed by atoms with Crippen LogP contribution in [0.15, 0.2) is 100 Å². The normalized spacial score (nSPS) is 16.3. The molecule has 0 bridgehead atoms. The number of esters is 2. The number of fused-ring (bicyclic) bond motifs is 9. The van der Waals surface area contributed by atoms with E-state index in [9.17, 15) is 28.8 Å². The molecule has 2 saturated heterocycles. The maximum absolute atomic E-state index is 12.5. The first kappa shape index (κ1) is 87.2. The molecule has 0 unspecified atom stereocenters. The molecule has 0 aliphatic carbocycles. The average Bonchev–Trinajstić information content (AvgIpc) is 1.58. The van der Waals surface area contributed by atoms with Gasteiger partial charge in [0.05, 0.1) is 75.3 Å². The van der Waals surface area contributed by atoms with Crippen molar-refractivity contribution in [2.24, 2.45) is 0 Å². The molecule has 3 aromatic carbocycles. The number of benzene rings is 3. The van der Waals surface area contributed by atoms with Crippen molar-refractivity contribution in [2.75, 3.05) is 48.1 Å². The summed E-state index contributed by atoms with van der Waals surface area (Å²) in [4.78, 5) is 86.5. The number of pyridine rings is 3. The number of H-pyrrole nitrogens is 1. The van der Waals surface area contributed by atoms with E-state index in [1.807, 2.05) is 74.4 Å². The number of aromatic amines is 1. The zero-order valence-corrected chi connectivity index (χ0v) is 71.7. The van der Waals surface area contributed by atoms with Crippen LogP contribution in [0.1, 0.15) is 183 Å². The van der Waals surface area contributed by atoms with Gasteiger partial charge >= 0.3 is 44.3 Å². The fraction of sp³-hybridized carbons (Fsp3) is 0.476. The lowest BCUT2D eigenvalue weighted by molar-refractivity contribution is 0.00578. The number of nitrogens with zero attached hydrogens (tertiary/aromatic N) is 7. The minimum atomic E-state index is -1.20. The Kier molecular flexibility index (Phi) is 26.8. The highest BCUT2D eigenvalue weighted by Crippen LogP contribution is 2.43. The number of carboxylic acids is 1. The van der Waals surface area contributed by atoms with Crippen LogP contribution in [-0.2, 0) is 96.1 Å². The summed E-state index contributed by atoms with van der Waals surface area (Å²) in [6.45, 7) is 40.3.